The number of urea groups is 1. The zero-order valence-corrected chi connectivity index (χ0v) is 17.8. The minimum atomic E-state index is -4.10. The molecule has 0 saturated carbocycles. The summed E-state index contributed by atoms with van der Waals surface area (Å²) in [6, 6.07) is 10.6. The average Bonchev–Trinajstić information content (AvgIpc) is 2.64. The van der Waals surface area contributed by atoms with Crippen molar-refractivity contribution in [1.29, 1.82) is 0 Å². The molecule has 154 valence electrons. The quantitative estimate of drug-likeness (QED) is 0.811. The van der Waals surface area contributed by atoms with Crippen molar-refractivity contribution in [3.63, 3.8) is 0 Å². The number of fused-ring (bicyclic) bond motifs is 1. The number of rotatable bonds is 5. The van der Waals surface area contributed by atoms with Gasteiger partial charge in [0.15, 0.2) is 0 Å². The predicted molar refractivity (Wildman–Crippen MR) is 113 cm³/mol. The summed E-state index contributed by atoms with van der Waals surface area (Å²) in [5, 5.41) is 2.82. The lowest BCUT2D eigenvalue weighted by Gasteiger charge is -2.36. The van der Waals surface area contributed by atoms with Crippen molar-refractivity contribution < 1.29 is 18.0 Å². The number of carbonyl (C=O) groups is 2. The molecule has 0 bridgehead atoms. The molecule has 1 atom stereocenters. The van der Waals surface area contributed by atoms with Gasteiger partial charge in [0.05, 0.1) is 11.4 Å². The van der Waals surface area contributed by atoms with E-state index < -0.39 is 16.1 Å². The lowest BCUT2D eigenvalue weighted by atomic mass is 10.1. The Labute approximate surface area is 171 Å². The third-order valence-corrected chi connectivity index (χ3v) is 6.59. The van der Waals surface area contributed by atoms with Crippen LogP contribution in [0.25, 0.3) is 0 Å². The number of para-hydroxylation sites is 1. The van der Waals surface area contributed by atoms with Gasteiger partial charge in [0.25, 0.3) is 10.0 Å². The van der Waals surface area contributed by atoms with Crippen molar-refractivity contribution >= 4 is 33.3 Å². The minimum Gasteiger partial charge on any atom is -0.352 e. The summed E-state index contributed by atoms with van der Waals surface area (Å²) in [7, 11) is -4.10. The van der Waals surface area contributed by atoms with Gasteiger partial charge < -0.3 is 5.32 Å². The zero-order chi connectivity index (χ0) is 21.3. The van der Waals surface area contributed by atoms with E-state index in [1.54, 1.807) is 30.3 Å². The largest absolute Gasteiger partial charge is 0.352 e. The van der Waals surface area contributed by atoms with Gasteiger partial charge in [-0.1, -0.05) is 25.1 Å². The molecular formula is C21H25N3O4S. The van der Waals surface area contributed by atoms with Crippen LogP contribution in [0, 0.1) is 13.8 Å². The summed E-state index contributed by atoms with van der Waals surface area (Å²) in [6.07, 6.45) is 0.749. The lowest BCUT2D eigenvalue weighted by molar-refractivity contribution is -0.120. The molecule has 2 aromatic carbocycles. The fourth-order valence-electron chi connectivity index (χ4n) is 3.35. The summed E-state index contributed by atoms with van der Waals surface area (Å²) in [4.78, 5) is 27.0. The Balaban J connectivity index is 2.10. The monoisotopic (exact) mass is 415 g/mol. The molecule has 1 aliphatic heterocycles. The van der Waals surface area contributed by atoms with Crippen LogP contribution in [0.1, 0.15) is 31.4 Å². The van der Waals surface area contributed by atoms with Crippen LogP contribution >= 0.6 is 0 Å². The van der Waals surface area contributed by atoms with E-state index >= 15 is 0 Å². The molecule has 1 N–H and O–H groups in total. The highest BCUT2D eigenvalue weighted by Crippen LogP contribution is 2.37. The highest BCUT2D eigenvalue weighted by molar-refractivity contribution is 7.94. The van der Waals surface area contributed by atoms with Crippen molar-refractivity contribution in [3.05, 3.63) is 53.6 Å². The van der Waals surface area contributed by atoms with Crippen LogP contribution in [-0.2, 0) is 14.8 Å². The normalized spacial score (nSPS) is 16.3. The van der Waals surface area contributed by atoms with E-state index in [1.807, 2.05) is 33.8 Å². The summed E-state index contributed by atoms with van der Waals surface area (Å²) in [5.74, 6) is -0.345. The number of aryl methyl sites for hydroxylation is 2. The molecule has 3 rings (SSSR count). The van der Waals surface area contributed by atoms with Crippen LogP contribution in [0.15, 0.2) is 47.4 Å². The molecule has 1 heterocycles. The number of hydrogen-bond donors (Lipinski definition) is 1. The maximum absolute atomic E-state index is 13.3. The van der Waals surface area contributed by atoms with E-state index in [4.69, 9.17) is 0 Å². The first-order valence-corrected chi connectivity index (χ1v) is 10.9. The number of anilines is 2. The van der Waals surface area contributed by atoms with Crippen LogP contribution in [0.3, 0.4) is 0 Å². The number of carbonyl (C=O) groups excluding carboxylic acids is 2. The molecule has 0 fully saturated rings. The van der Waals surface area contributed by atoms with Gasteiger partial charge in [-0.25, -0.2) is 13.2 Å². The average molecular weight is 416 g/mol. The number of amides is 3. The zero-order valence-electron chi connectivity index (χ0n) is 17.0. The minimum absolute atomic E-state index is 0.00454. The van der Waals surface area contributed by atoms with Gasteiger partial charge in [0.1, 0.15) is 11.4 Å². The van der Waals surface area contributed by atoms with Crippen LogP contribution < -0.4 is 14.5 Å². The summed E-state index contributed by atoms with van der Waals surface area (Å²) in [6.45, 7) is 7.22. The number of hydrogen-bond acceptors (Lipinski definition) is 4. The number of sulfonamides is 1. The van der Waals surface area contributed by atoms with Crippen molar-refractivity contribution in [2.45, 2.75) is 45.1 Å². The molecule has 8 heteroatoms. The SMILES string of the molecule is CC[C@@H](C)NC(=O)CN1C(=O)N(c2cc(C)cc(C)c2)S(=O)(=O)c2ccccc21. The van der Waals surface area contributed by atoms with Crippen LogP contribution in [-0.4, -0.2) is 32.9 Å². The Morgan fingerprint density at radius 1 is 1.10 bits per heavy atom. The second kappa shape index (κ2) is 7.87. The maximum Gasteiger partial charge on any atom is 0.343 e. The first-order valence-electron chi connectivity index (χ1n) is 9.48. The third kappa shape index (κ3) is 3.98. The van der Waals surface area contributed by atoms with Crippen molar-refractivity contribution in [2.24, 2.45) is 0 Å². The van der Waals surface area contributed by atoms with Gasteiger partial charge >= 0.3 is 6.03 Å². The van der Waals surface area contributed by atoms with Crippen molar-refractivity contribution in [2.75, 3.05) is 15.7 Å². The second-order valence-corrected chi connectivity index (χ2v) is 9.08. The van der Waals surface area contributed by atoms with E-state index in [0.717, 1.165) is 21.9 Å². The topological polar surface area (TPSA) is 86.8 Å². The van der Waals surface area contributed by atoms with Gasteiger partial charge in [-0.3, -0.25) is 9.69 Å². The smallest absolute Gasteiger partial charge is 0.343 e. The molecule has 7 nitrogen and oxygen atoms in total. The molecular weight excluding hydrogens is 390 g/mol. The van der Waals surface area contributed by atoms with E-state index in [2.05, 4.69) is 5.32 Å². The number of benzene rings is 2. The van der Waals surface area contributed by atoms with Gasteiger partial charge in [-0.15, -0.1) is 0 Å². The molecule has 0 unspecified atom stereocenters. The Bertz CT molecular complexity index is 1050. The van der Waals surface area contributed by atoms with Crippen LogP contribution in [0.4, 0.5) is 16.2 Å². The van der Waals surface area contributed by atoms with Crippen LogP contribution in [0.5, 0.6) is 0 Å². The highest BCUT2D eigenvalue weighted by Gasteiger charge is 2.43. The van der Waals surface area contributed by atoms with E-state index in [0.29, 0.717) is 0 Å². The summed E-state index contributed by atoms with van der Waals surface area (Å²) in [5.41, 5.74) is 2.14. The number of nitrogens with one attached hydrogen (secondary N) is 1. The first-order chi connectivity index (χ1) is 13.6. The highest BCUT2D eigenvalue weighted by atomic mass is 32.2. The predicted octanol–water partition coefficient (Wildman–Crippen LogP) is 3.35. The van der Waals surface area contributed by atoms with Gasteiger partial charge in [0.2, 0.25) is 5.91 Å². The standard InChI is InChI=1S/C21H25N3O4S/c1-5-16(4)22-20(25)13-23-18-8-6-7-9-19(18)29(27,28)24(21(23)26)17-11-14(2)10-15(3)12-17/h6-12,16H,5,13H2,1-4H3,(H,22,25)/t16-/m1/s1. The van der Waals surface area contributed by atoms with Crippen LogP contribution in [0.2, 0.25) is 0 Å². The Hall–Kier alpha value is -2.87. The molecule has 0 aromatic heterocycles. The first kappa shape index (κ1) is 20.9. The Morgan fingerprint density at radius 2 is 1.72 bits per heavy atom. The van der Waals surface area contributed by atoms with Gasteiger partial charge in [-0.05, 0) is 62.6 Å². The fraction of sp³-hybridized carbons (Fsp3) is 0.333. The molecule has 0 saturated heterocycles. The summed E-state index contributed by atoms with van der Waals surface area (Å²) >= 11 is 0. The molecule has 3 amide bonds. The second-order valence-electron chi connectivity index (χ2n) is 7.33. The number of nitrogens with zero attached hydrogens (tertiary/aromatic N) is 2. The lowest BCUT2D eigenvalue weighted by Crippen LogP contribution is -2.54. The van der Waals surface area contributed by atoms with Crippen molar-refractivity contribution in [3.8, 4) is 0 Å². The molecule has 0 aliphatic carbocycles. The third-order valence-electron chi connectivity index (χ3n) is 4.84. The molecule has 0 radical (unpaired) electrons. The summed E-state index contributed by atoms with van der Waals surface area (Å²) < 4.78 is 27.3. The molecule has 1 aliphatic rings. The molecule has 2 aromatic rings. The fourth-order valence-corrected chi connectivity index (χ4v) is 4.93. The molecule has 29 heavy (non-hydrogen) atoms. The van der Waals surface area contributed by atoms with Gasteiger partial charge in [0, 0.05) is 6.04 Å². The van der Waals surface area contributed by atoms with E-state index in [9.17, 15) is 18.0 Å². The van der Waals surface area contributed by atoms with E-state index in [1.165, 1.54) is 11.0 Å². The van der Waals surface area contributed by atoms with Gasteiger partial charge in [-0.2, -0.15) is 4.31 Å². The Morgan fingerprint density at radius 3 is 2.34 bits per heavy atom. The van der Waals surface area contributed by atoms with E-state index in [-0.39, 0.29) is 34.8 Å². The molecule has 0 spiro atoms. The Kier molecular flexibility index (Phi) is 5.66. The maximum atomic E-state index is 13.3. The van der Waals surface area contributed by atoms with Crippen molar-refractivity contribution in [1.82, 2.24) is 5.32 Å².